The van der Waals surface area contributed by atoms with E-state index in [0.717, 1.165) is 17.2 Å². The summed E-state index contributed by atoms with van der Waals surface area (Å²) in [6, 6.07) is 23.2. The average Bonchev–Trinajstić information content (AvgIpc) is 3.18. The first-order valence-corrected chi connectivity index (χ1v) is 11.4. The molecule has 0 fully saturated rings. The molecule has 178 valence electrons. The molecule has 7 heteroatoms. The van der Waals surface area contributed by atoms with E-state index in [9.17, 15) is 14.4 Å². The van der Waals surface area contributed by atoms with Gasteiger partial charge in [0.2, 0.25) is 5.91 Å². The van der Waals surface area contributed by atoms with Gasteiger partial charge in [-0.3, -0.25) is 4.79 Å². The Morgan fingerprint density at radius 3 is 2.29 bits per heavy atom. The maximum absolute atomic E-state index is 12.2. The zero-order chi connectivity index (χ0) is 24.6. The monoisotopic (exact) mass is 470 g/mol. The van der Waals surface area contributed by atoms with Crippen molar-refractivity contribution >= 4 is 29.7 Å². The van der Waals surface area contributed by atoms with Crippen molar-refractivity contribution in [3.8, 4) is 11.1 Å². The molecule has 1 aliphatic carbocycles. The number of ether oxygens (including phenoxy) is 1. The first kappa shape index (κ1) is 23.8. The lowest BCUT2D eigenvalue weighted by molar-refractivity contribution is -0.131. The van der Waals surface area contributed by atoms with E-state index in [1.54, 1.807) is 24.3 Å². The second-order valence-electron chi connectivity index (χ2n) is 8.20. The third-order valence-electron chi connectivity index (χ3n) is 5.78. The van der Waals surface area contributed by atoms with Gasteiger partial charge in [-0.1, -0.05) is 60.7 Å². The number of anilines is 1. The van der Waals surface area contributed by atoms with Gasteiger partial charge in [-0.05, 0) is 52.4 Å². The molecular weight excluding hydrogens is 444 g/mol. The first-order chi connectivity index (χ1) is 17.0. The number of carbonyl (C=O) groups excluding carboxylic acids is 2. The van der Waals surface area contributed by atoms with Crippen LogP contribution in [-0.4, -0.2) is 36.2 Å². The van der Waals surface area contributed by atoms with Crippen molar-refractivity contribution in [3.63, 3.8) is 0 Å². The van der Waals surface area contributed by atoms with Crippen molar-refractivity contribution in [2.45, 2.75) is 18.8 Å². The summed E-state index contributed by atoms with van der Waals surface area (Å²) in [4.78, 5) is 35.1. The average molecular weight is 471 g/mol. The largest absolute Gasteiger partial charge is 0.478 e. The maximum atomic E-state index is 12.2. The second-order valence-corrected chi connectivity index (χ2v) is 8.20. The Hall–Kier alpha value is -4.39. The standard InChI is InChI=1S/C28H26N2O5/c31-26(30-20-8-5-7-19(17-20)14-15-27(32)33)13-6-16-29-28(34)35-18-25-23-11-3-1-9-21(23)22-10-2-4-12-24(22)25/h1-5,7-12,14-15,17,25H,6,13,16,18H2,(H,29,34)(H,30,31)(H,32,33)/b15-14+. The van der Waals surface area contributed by atoms with Crippen molar-refractivity contribution in [2.75, 3.05) is 18.5 Å². The quantitative estimate of drug-likeness (QED) is 0.300. The zero-order valence-corrected chi connectivity index (χ0v) is 19.1. The summed E-state index contributed by atoms with van der Waals surface area (Å²) in [6.07, 6.45) is 2.66. The van der Waals surface area contributed by atoms with Crippen molar-refractivity contribution in [1.29, 1.82) is 0 Å². The van der Waals surface area contributed by atoms with Crippen LogP contribution in [0, 0.1) is 0 Å². The molecule has 0 spiro atoms. The SMILES string of the molecule is O=C(O)/C=C/c1cccc(NC(=O)CCCNC(=O)OCC2c3ccccc3-c3ccccc32)c1. The van der Waals surface area contributed by atoms with Crippen molar-refractivity contribution in [3.05, 3.63) is 95.6 Å². The summed E-state index contributed by atoms with van der Waals surface area (Å²) in [6.45, 7) is 0.554. The highest BCUT2D eigenvalue weighted by atomic mass is 16.5. The Labute approximate surface area is 203 Å². The van der Waals surface area contributed by atoms with Gasteiger partial charge in [0.15, 0.2) is 0 Å². The topological polar surface area (TPSA) is 105 Å². The van der Waals surface area contributed by atoms with Crippen LogP contribution in [0.2, 0.25) is 0 Å². The van der Waals surface area contributed by atoms with Gasteiger partial charge in [-0.15, -0.1) is 0 Å². The molecule has 3 aromatic carbocycles. The van der Waals surface area contributed by atoms with Gasteiger partial charge in [-0.2, -0.15) is 0 Å². The predicted octanol–water partition coefficient (Wildman–Crippen LogP) is 5.04. The minimum atomic E-state index is -1.04. The number of benzene rings is 3. The lowest BCUT2D eigenvalue weighted by Crippen LogP contribution is -2.27. The highest BCUT2D eigenvalue weighted by Gasteiger charge is 2.28. The molecule has 3 aromatic rings. The number of nitrogens with one attached hydrogen (secondary N) is 2. The predicted molar refractivity (Wildman–Crippen MR) is 134 cm³/mol. The van der Waals surface area contributed by atoms with E-state index < -0.39 is 12.1 Å². The van der Waals surface area contributed by atoms with Gasteiger partial charge in [0, 0.05) is 30.6 Å². The van der Waals surface area contributed by atoms with Crippen molar-refractivity contribution in [1.82, 2.24) is 5.32 Å². The van der Waals surface area contributed by atoms with E-state index in [0.29, 0.717) is 24.2 Å². The fourth-order valence-electron chi connectivity index (χ4n) is 4.20. The molecule has 0 radical (unpaired) electrons. The van der Waals surface area contributed by atoms with Crippen molar-refractivity contribution < 1.29 is 24.2 Å². The molecule has 3 N–H and O–H groups in total. The molecule has 7 nitrogen and oxygen atoms in total. The van der Waals surface area contributed by atoms with Crippen LogP contribution in [0.15, 0.2) is 78.9 Å². The Bertz CT molecular complexity index is 1220. The van der Waals surface area contributed by atoms with E-state index in [-0.39, 0.29) is 24.9 Å². The normalized spacial score (nSPS) is 12.1. The van der Waals surface area contributed by atoms with E-state index in [4.69, 9.17) is 9.84 Å². The zero-order valence-electron chi connectivity index (χ0n) is 19.1. The summed E-state index contributed by atoms with van der Waals surface area (Å²) in [5.41, 5.74) is 5.90. The summed E-state index contributed by atoms with van der Waals surface area (Å²) < 4.78 is 5.50. The number of hydrogen-bond donors (Lipinski definition) is 3. The number of aliphatic carboxylic acids is 1. The number of carboxylic acid groups (broad SMARTS) is 1. The molecule has 4 rings (SSSR count). The molecule has 0 atom stereocenters. The van der Waals surface area contributed by atoms with Crippen LogP contribution in [0.25, 0.3) is 17.2 Å². The van der Waals surface area contributed by atoms with E-state index in [1.807, 2.05) is 24.3 Å². The highest BCUT2D eigenvalue weighted by Crippen LogP contribution is 2.44. The Morgan fingerprint density at radius 2 is 1.60 bits per heavy atom. The summed E-state index contributed by atoms with van der Waals surface area (Å²) >= 11 is 0. The van der Waals surface area contributed by atoms with Crippen LogP contribution >= 0.6 is 0 Å². The number of carboxylic acids is 1. The molecule has 2 amide bonds. The molecule has 0 aliphatic heterocycles. The minimum Gasteiger partial charge on any atom is -0.478 e. The molecule has 0 saturated heterocycles. The fourth-order valence-corrected chi connectivity index (χ4v) is 4.20. The Morgan fingerprint density at radius 1 is 0.914 bits per heavy atom. The molecule has 1 aliphatic rings. The van der Waals surface area contributed by atoms with Crippen LogP contribution in [0.3, 0.4) is 0 Å². The maximum Gasteiger partial charge on any atom is 0.407 e. The lowest BCUT2D eigenvalue weighted by atomic mass is 9.98. The third-order valence-corrected chi connectivity index (χ3v) is 5.78. The molecule has 0 bridgehead atoms. The van der Waals surface area contributed by atoms with Crippen LogP contribution in [0.1, 0.15) is 35.4 Å². The van der Waals surface area contributed by atoms with Gasteiger partial charge < -0.3 is 20.5 Å². The smallest absolute Gasteiger partial charge is 0.407 e. The van der Waals surface area contributed by atoms with Crippen LogP contribution < -0.4 is 10.6 Å². The number of fused-ring (bicyclic) bond motifs is 3. The number of hydrogen-bond acceptors (Lipinski definition) is 4. The molecule has 0 aromatic heterocycles. The van der Waals surface area contributed by atoms with Gasteiger partial charge in [0.25, 0.3) is 0 Å². The van der Waals surface area contributed by atoms with Crippen LogP contribution in [0.4, 0.5) is 10.5 Å². The van der Waals surface area contributed by atoms with Gasteiger partial charge in [0.05, 0.1) is 0 Å². The second kappa shape index (κ2) is 11.2. The summed E-state index contributed by atoms with van der Waals surface area (Å²) in [5.74, 6) is -1.23. The summed E-state index contributed by atoms with van der Waals surface area (Å²) in [7, 11) is 0. The van der Waals surface area contributed by atoms with E-state index >= 15 is 0 Å². The van der Waals surface area contributed by atoms with Crippen LogP contribution in [-0.2, 0) is 14.3 Å². The third kappa shape index (κ3) is 6.14. The Kier molecular flexibility index (Phi) is 7.57. The number of alkyl carbamates (subject to hydrolysis) is 1. The highest BCUT2D eigenvalue weighted by molar-refractivity contribution is 5.91. The lowest BCUT2D eigenvalue weighted by Gasteiger charge is -2.14. The van der Waals surface area contributed by atoms with Gasteiger partial charge in [0.1, 0.15) is 6.61 Å². The van der Waals surface area contributed by atoms with Gasteiger partial charge >= 0.3 is 12.1 Å². The van der Waals surface area contributed by atoms with E-state index in [2.05, 4.69) is 34.9 Å². The number of amides is 2. The van der Waals surface area contributed by atoms with Crippen LogP contribution in [0.5, 0.6) is 0 Å². The summed E-state index contributed by atoms with van der Waals surface area (Å²) in [5, 5.41) is 14.2. The molecule has 35 heavy (non-hydrogen) atoms. The number of carbonyl (C=O) groups is 3. The molecule has 0 heterocycles. The molecular formula is C28H26N2O5. The molecule has 0 unspecified atom stereocenters. The van der Waals surface area contributed by atoms with E-state index in [1.165, 1.54) is 17.2 Å². The fraction of sp³-hybridized carbons (Fsp3) is 0.179. The van der Waals surface area contributed by atoms with Crippen molar-refractivity contribution in [2.24, 2.45) is 0 Å². The first-order valence-electron chi connectivity index (χ1n) is 11.4. The minimum absolute atomic E-state index is 0.0000322. The number of rotatable bonds is 9. The molecule has 0 saturated carbocycles. The van der Waals surface area contributed by atoms with Gasteiger partial charge in [-0.25, -0.2) is 9.59 Å². The Balaban J connectivity index is 1.20.